The minimum atomic E-state index is 0.0947. The number of hydrogen-bond donors (Lipinski definition) is 1. The third kappa shape index (κ3) is 2.23. The first kappa shape index (κ1) is 8.53. The number of carbonyl (C=O) groups excluding carboxylic acids is 1. The van der Waals surface area contributed by atoms with E-state index in [4.69, 9.17) is 5.73 Å². The average molecular weight is 161 g/mol. The maximum atomic E-state index is 11.3. The first-order valence-corrected chi connectivity index (χ1v) is 3.79. The Bertz CT molecular complexity index is 277. The van der Waals surface area contributed by atoms with Gasteiger partial charge in [0.1, 0.15) is 0 Å². The van der Waals surface area contributed by atoms with Crippen molar-refractivity contribution in [2.24, 2.45) is 5.73 Å². The molecule has 2 nitrogen and oxygen atoms in total. The van der Waals surface area contributed by atoms with Crippen LogP contribution in [0.2, 0.25) is 0 Å². The molecule has 0 saturated heterocycles. The molecular formula is C10H11NO. The molecule has 0 heterocycles. The molecule has 1 rings (SSSR count). The quantitative estimate of drug-likeness (QED) is 0.686. The molecule has 0 unspecified atom stereocenters. The first-order valence-electron chi connectivity index (χ1n) is 3.79. The van der Waals surface area contributed by atoms with Crippen LogP contribution >= 0.6 is 0 Å². The Morgan fingerprint density at radius 3 is 2.58 bits per heavy atom. The second-order valence-corrected chi connectivity index (χ2v) is 2.42. The van der Waals surface area contributed by atoms with Crippen molar-refractivity contribution in [3.63, 3.8) is 0 Å². The highest BCUT2D eigenvalue weighted by Gasteiger charge is 2.00. The largest absolute Gasteiger partial charge is 0.405 e. The van der Waals surface area contributed by atoms with Crippen LogP contribution in [0.5, 0.6) is 0 Å². The number of ketones is 1. The van der Waals surface area contributed by atoms with E-state index in [1.54, 1.807) is 18.2 Å². The van der Waals surface area contributed by atoms with Gasteiger partial charge >= 0.3 is 0 Å². The van der Waals surface area contributed by atoms with E-state index in [1.807, 2.05) is 18.2 Å². The third-order valence-corrected chi connectivity index (χ3v) is 1.54. The normalized spacial score (nSPS) is 10.3. The Hall–Kier alpha value is -1.57. The maximum absolute atomic E-state index is 11.3. The Morgan fingerprint density at radius 2 is 2.00 bits per heavy atom. The molecule has 0 amide bonds. The van der Waals surface area contributed by atoms with Crippen molar-refractivity contribution in [2.45, 2.75) is 6.42 Å². The van der Waals surface area contributed by atoms with Crippen molar-refractivity contribution in [3.05, 3.63) is 48.2 Å². The summed E-state index contributed by atoms with van der Waals surface area (Å²) in [5.74, 6) is 0.0947. The summed E-state index contributed by atoms with van der Waals surface area (Å²) in [5, 5.41) is 0. The van der Waals surface area contributed by atoms with Crippen molar-refractivity contribution >= 4 is 5.78 Å². The average Bonchev–Trinajstić information content (AvgIpc) is 2.15. The molecule has 1 aromatic carbocycles. The van der Waals surface area contributed by atoms with E-state index in [0.29, 0.717) is 6.42 Å². The summed E-state index contributed by atoms with van der Waals surface area (Å²) < 4.78 is 0. The summed E-state index contributed by atoms with van der Waals surface area (Å²) in [6.07, 6.45) is 3.41. The van der Waals surface area contributed by atoms with Crippen molar-refractivity contribution in [1.29, 1.82) is 0 Å². The van der Waals surface area contributed by atoms with Crippen molar-refractivity contribution in [1.82, 2.24) is 0 Å². The summed E-state index contributed by atoms with van der Waals surface area (Å²) in [6.45, 7) is 0. The minimum absolute atomic E-state index is 0.0947. The zero-order valence-corrected chi connectivity index (χ0v) is 6.73. The molecule has 0 saturated carbocycles. The molecule has 0 aliphatic carbocycles. The van der Waals surface area contributed by atoms with Gasteiger partial charge in [0.2, 0.25) is 0 Å². The second-order valence-electron chi connectivity index (χ2n) is 2.42. The topological polar surface area (TPSA) is 43.1 Å². The zero-order chi connectivity index (χ0) is 8.81. The highest BCUT2D eigenvalue weighted by Crippen LogP contribution is 2.02. The maximum Gasteiger partial charge on any atom is 0.166 e. The van der Waals surface area contributed by atoms with Gasteiger partial charge in [-0.3, -0.25) is 4.79 Å². The third-order valence-electron chi connectivity index (χ3n) is 1.54. The Labute approximate surface area is 71.7 Å². The number of carbonyl (C=O) groups is 1. The van der Waals surface area contributed by atoms with Crippen molar-refractivity contribution in [2.75, 3.05) is 0 Å². The lowest BCUT2D eigenvalue weighted by atomic mass is 10.1. The minimum Gasteiger partial charge on any atom is -0.405 e. The van der Waals surface area contributed by atoms with Crippen LogP contribution in [0.3, 0.4) is 0 Å². The molecule has 12 heavy (non-hydrogen) atoms. The Balaban J connectivity index is 2.66. The standard InChI is InChI=1S/C10H11NO/c11-8-4-7-10(12)9-5-2-1-3-6-9/h1-6,8H,7,11H2. The van der Waals surface area contributed by atoms with Crippen LogP contribution in [-0.4, -0.2) is 5.78 Å². The van der Waals surface area contributed by atoms with E-state index in [0.717, 1.165) is 5.56 Å². The molecule has 2 N–H and O–H groups in total. The van der Waals surface area contributed by atoms with E-state index in [-0.39, 0.29) is 5.78 Å². The van der Waals surface area contributed by atoms with Crippen LogP contribution in [0, 0.1) is 0 Å². The lowest BCUT2D eigenvalue weighted by Gasteiger charge is -1.94. The lowest BCUT2D eigenvalue weighted by Crippen LogP contribution is -1.96. The monoisotopic (exact) mass is 161 g/mol. The second kappa shape index (κ2) is 4.34. The van der Waals surface area contributed by atoms with Crippen LogP contribution in [-0.2, 0) is 0 Å². The van der Waals surface area contributed by atoms with Crippen LogP contribution in [0.25, 0.3) is 0 Å². The van der Waals surface area contributed by atoms with Crippen LogP contribution in [0.1, 0.15) is 16.8 Å². The number of Topliss-reactive ketones (excluding diaryl/α,β-unsaturated/α-hetero) is 1. The molecule has 62 valence electrons. The van der Waals surface area contributed by atoms with Crippen molar-refractivity contribution < 1.29 is 4.79 Å². The summed E-state index contributed by atoms with van der Waals surface area (Å²) >= 11 is 0. The van der Waals surface area contributed by atoms with Crippen LogP contribution < -0.4 is 5.73 Å². The molecule has 1 aromatic rings. The zero-order valence-electron chi connectivity index (χ0n) is 6.73. The highest BCUT2D eigenvalue weighted by atomic mass is 16.1. The summed E-state index contributed by atoms with van der Waals surface area (Å²) in [4.78, 5) is 11.3. The van der Waals surface area contributed by atoms with E-state index in [9.17, 15) is 4.79 Å². The molecule has 0 bridgehead atoms. The number of benzene rings is 1. The number of allylic oxidation sites excluding steroid dienone is 1. The number of hydrogen-bond acceptors (Lipinski definition) is 2. The van der Waals surface area contributed by atoms with Gasteiger partial charge in [0, 0.05) is 12.0 Å². The van der Waals surface area contributed by atoms with Gasteiger partial charge in [0.25, 0.3) is 0 Å². The molecule has 0 aromatic heterocycles. The molecule has 2 heteroatoms. The summed E-state index contributed by atoms with van der Waals surface area (Å²) in [5.41, 5.74) is 5.85. The van der Waals surface area contributed by atoms with Gasteiger partial charge in [-0.25, -0.2) is 0 Å². The molecule has 0 fully saturated rings. The molecule has 0 atom stereocenters. The van der Waals surface area contributed by atoms with Crippen molar-refractivity contribution in [3.8, 4) is 0 Å². The Kier molecular flexibility index (Phi) is 3.08. The van der Waals surface area contributed by atoms with Gasteiger partial charge in [-0.15, -0.1) is 0 Å². The molecule has 0 aliphatic heterocycles. The molecule has 0 radical (unpaired) electrons. The van der Waals surface area contributed by atoms with E-state index in [2.05, 4.69) is 0 Å². The van der Waals surface area contributed by atoms with Gasteiger partial charge in [-0.2, -0.15) is 0 Å². The smallest absolute Gasteiger partial charge is 0.166 e. The van der Waals surface area contributed by atoms with Gasteiger partial charge in [-0.1, -0.05) is 36.4 Å². The fourth-order valence-corrected chi connectivity index (χ4v) is 0.917. The van der Waals surface area contributed by atoms with Crippen LogP contribution in [0.4, 0.5) is 0 Å². The number of nitrogens with two attached hydrogens (primary N) is 1. The van der Waals surface area contributed by atoms with E-state index >= 15 is 0 Å². The fraction of sp³-hybridized carbons (Fsp3) is 0.100. The molecular weight excluding hydrogens is 150 g/mol. The number of rotatable bonds is 3. The first-order chi connectivity index (χ1) is 5.84. The molecule has 0 spiro atoms. The highest BCUT2D eigenvalue weighted by molar-refractivity contribution is 5.96. The Morgan fingerprint density at radius 1 is 1.33 bits per heavy atom. The predicted octanol–water partition coefficient (Wildman–Crippen LogP) is 1.73. The van der Waals surface area contributed by atoms with Crippen LogP contribution in [0.15, 0.2) is 42.6 Å². The van der Waals surface area contributed by atoms with Gasteiger partial charge in [-0.05, 0) is 6.20 Å². The molecule has 0 aliphatic rings. The van der Waals surface area contributed by atoms with Gasteiger partial charge in [0.05, 0.1) is 0 Å². The fourth-order valence-electron chi connectivity index (χ4n) is 0.917. The van der Waals surface area contributed by atoms with Gasteiger partial charge in [0.15, 0.2) is 5.78 Å². The SMILES string of the molecule is NC=CCC(=O)c1ccccc1. The lowest BCUT2D eigenvalue weighted by molar-refractivity contribution is 0.0996. The van der Waals surface area contributed by atoms with E-state index in [1.165, 1.54) is 6.20 Å². The van der Waals surface area contributed by atoms with E-state index < -0.39 is 0 Å². The van der Waals surface area contributed by atoms with Gasteiger partial charge < -0.3 is 5.73 Å². The predicted molar refractivity (Wildman–Crippen MR) is 48.7 cm³/mol. The summed E-state index contributed by atoms with van der Waals surface area (Å²) in [6, 6.07) is 9.17. The summed E-state index contributed by atoms with van der Waals surface area (Å²) in [7, 11) is 0.